The number of esters is 2. The number of ether oxygens (including phenoxy) is 2. The van der Waals surface area contributed by atoms with Gasteiger partial charge in [-0.2, -0.15) is 0 Å². The first kappa shape index (κ1) is 43.6. The van der Waals surface area contributed by atoms with Gasteiger partial charge in [-0.05, 0) is 118 Å². The van der Waals surface area contributed by atoms with Crippen LogP contribution >= 0.6 is 0 Å². The summed E-state index contributed by atoms with van der Waals surface area (Å²) in [4.78, 5) is 51.6. The third-order valence-electron chi connectivity index (χ3n) is 14.9. The highest BCUT2D eigenvalue weighted by atomic mass is 16.5. The van der Waals surface area contributed by atoms with Gasteiger partial charge in [-0.25, -0.2) is 4.79 Å². The van der Waals surface area contributed by atoms with E-state index >= 15 is 0 Å². The molecule has 10 atom stereocenters. The quantitative estimate of drug-likeness (QED) is 0.0867. The van der Waals surface area contributed by atoms with Crippen LogP contribution in [0.3, 0.4) is 0 Å². The van der Waals surface area contributed by atoms with E-state index in [1.54, 1.807) is 24.3 Å². The Balaban J connectivity index is 0.875. The van der Waals surface area contributed by atoms with Crippen LogP contribution in [0, 0.1) is 34.5 Å². The fraction of sp³-hybridized carbons (Fsp3) is 0.529. The summed E-state index contributed by atoms with van der Waals surface area (Å²) in [5.41, 5.74) is 1.87. The highest BCUT2D eigenvalue weighted by Gasteiger charge is 2.64. The third kappa shape index (κ3) is 9.09. The topological polar surface area (TPSA) is 147 Å². The Labute approximate surface area is 354 Å². The maximum atomic E-state index is 13.6. The van der Waals surface area contributed by atoms with E-state index in [2.05, 4.69) is 13.0 Å². The number of aliphatic hydroxyl groups excluding tert-OH is 2. The van der Waals surface area contributed by atoms with Crippen molar-refractivity contribution in [1.29, 1.82) is 0 Å². The lowest BCUT2D eigenvalue weighted by molar-refractivity contribution is -0.163. The van der Waals surface area contributed by atoms with Crippen molar-refractivity contribution in [3.05, 3.63) is 119 Å². The predicted molar refractivity (Wildman–Crippen MR) is 228 cm³/mol. The maximum absolute atomic E-state index is 13.6. The second-order valence-electron chi connectivity index (χ2n) is 18.4. The number of hydrogen-bond acceptors (Lipinski definition) is 9. The summed E-state index contributed by atoms with van der Waals surface area (Å²) in [6.45, 7) is 3.84. The van der Waals surface area contributed by atoms with Gasteiger partial charge in [-0.15, -0.1) is 0 Å². The zero-order chi connectivity index (χ0) is 42.5. The van der Waals surface area contributed by atoms with Crippen molar-refractivity contribution >= 4 is 23.5 Å². The lowest BCUT2D eigenvalue weighted by Crippen LogP contribution is -2.55. The second-order valence-corrected chi connectivity index (χ2v) is 18.4. The van der Waals surface area contributed by atoms with Crippen molar-refractivity contribution in [3.63, 3.8) is 0 Å². The molecule has 60 heavy (non-hydrogen) atoms. The first-order valence-corrected chi connectivity index (χ1v) is 22.2. The molecule has 9 nitrogen and oxygen atoms in total. The van der Waals surface area contributed by atoms with Gasteiger partial charge < -0.3 is 24.8 Å². The molecule has 0 unspecified atom stereocenters. The Bertz CT molecular complexity index is 2000. The largest absolute Gasteiger partial charge is 0.458 e. The number of aryl methyl sites for hydroxylation is 1. The van der Waals surface area contributed by atoms with Gasteiger partial charge in [0.1, 0.15) is 11.7 Å². The van der Waals surface area contributed by atoms with E-state index < -0.39 is 53.7 Å². The average Bonchev–Trinajstić information content (AvgIpc) is 3.69. The maximum Gasteiger partial charge on any atom is 0.338 e. The molecule has 2 aromatic rings. The molecule has 9 heteroatoms. The normalized spacial score (nSPS) is 32.8. The van der Waals surface area contributed by atoms with E-state index in [0.717, 1.165) is 31.2 Å². The summed E-state index contributed by atoms with van der Waals surface area (Å²) in [6, 6.07) is 18.8. The lowest BCUT2D eigenvalue weighted by atomic mass is 9.50. The summed E-state index contributed by atoms with van der Waals surface area (Å²) in [5.74, 6) is -1.26. The molecular weight excluding hydrogens is 757 g/mol. The van der Waals surface area contributed by atoms with Gasteiger partial charge in [-0.3, -0.25) is 14.4 Å². The number of ketones is 2. The molecule has 0 saturated heterocycles. The molecule has 0 bridgehead atoms. The van der Waals surface area contributed by atoms with Gasteiger partial charge in [0.2, 0.25) is 5.78 Å². The van der Waals surface area contributed by atoms with Crippen LogP contribution in [-0.4, -0.2) is 69.3 Å². The fourth-order valence-electron chi connectivity index (χ4n) is 11.3. The number of hydrogen-bond donors (Lipinski definition) is 3. The number of unbranched alkanes of at least 4 members (excludes halogenated alkanes) is 1. The fourth-order valence-corrected chi connectivity index (χ4v) is 11.3. The predicted octanol–water partition coefficient (Wildman–Crippen LogP) is 8.17. The molecule has 7 rings (SSSR count). The van der Waals surface area contributed by atoms with Crippen LogP contribution < -0.4 is 0 Å². The number of rotatable bonds is 16. The van der Waals surface area contributed by atoms with E-state index in [1.807, 2.05) is 73.7 Å². The van der Waals surface area contributed by atoms with E-state index in [9.17, 15) is 34.5 Å². The van der Waals surface area contributed by atoms with Crippen molar-refractivity contribution < 1.29 is 44.0 Å². The molecule has 0 spiro atoms. The first-order valence-electron chi connectivity index (χ1n) is 22.2. The summed E-state index contributed by atoms with van der Waals surface area (Å²) in [7, 11) is 0. The van der Waals surface area contributed by atoms with Gasteiger partial charge in [0.25, 0.3) is 0 Å². The molecule has 0 amide bonds. The Morgan fingerprint density at radius 3 is 2.45 bits per heavy atom. The Kier molecular flexibility index (Phi) is 13.6. The van der Waals surface area contributed by atoms with Crippen LogP contribution in [0.4, 0.5) is 0 Å². The molecule has 5 aliphatic carbocycles. The molecule has 0 radical (unpaired) electrons. The average molecular weight is 819 g/mol. The molecule has 3 fully saturated rings. The van der Waals surface area contributed by atoms with E-state index in [1.165, 1.54) is 11.1 Å². The highest BCUT2D eigenvalue weighted by Crippen LogP contribution is 2.65. The van der Waals surface area contributed by atoms with Crippen molar-refractivity contribution in [3.8, 4) is 0 Å². The number of allylic oxidation sites excluding steroid dienone is 6. The van der Waals surface area contributed by atoms with Crippen LogP contribution in [-0.2, 0) is 30.3 Å². The van der Waals surface area contributed by atoms with Crippen molar-refractivity contribution in [2.45, 2.75) is 128 Å². The zero-order valence-electron chi connectivity index (χ0n) is 35.2. The summed E-state index contributed by atoms with van der Waals surface area (Å²) in [5, 5.41) is 33.8. The zero-order valence-corrected chi connectivity index (χ0v) is 35.2. The van der Waals surface area contributed by atoms with Crippen molar-refractivity contribution in [2.75, 3.05) is 6.61 Å². The molecule has 0 heterocycles. The van der Waals surface area contributed by atoms with E-state index in [0.29, 0.717) is 56.9 Å². The smallest absolute Gasteiger partial charge is 0.338 e. The Morgan fingerprint density at radius 2 is 1.68 bits per heavy atom. The van der Waals surface area contributed by atoms with Gasteiger partial charge in [-0.1, -0.05) is 97.8 Å². The Hall–Kier alpha value is -4.44. The Morgan fingerprint density at radius 1 is 0.933 bits per heavy atom. The lowest BCUT2D eigenvalue weighted by Gasteiger charge is -2.54. The van der Waals surface area contributed by atoms with Gasteiger partial charge in [0, 0.05) is 36.0 Å². The number of benzene rings is 2. The molecule has 0 aromatic heterocycles. The van der Waals surface area contributed by atoms with Crippen LogP contribution in [0.2, 0.25) is 0 Å². The number of carbonyl (C=O) groups is 4. The van der Waals surface area contributed by atoms with Crippen LogP contribution in [0.1, 0.15) is 113 Å². The van der Waals surface area contributed by atoms with E-state index in [-0.39, 0.29) is 47.7 Å². The molecule has 5 aliphatic rings. The summed E-state index contributed by atoms with van der Waals surface area (Å²) < 4.78 is 11.4. The summed E-state index contributed by atoms with van der Waals surface area (Å²) >= 11 is 0. The minimum atomic E-state index is -1.57. The molecule has 320 valence electrons. The van der Waals surface area contributed by atoms with Crippen LogP contribution in [0.25, 0.3) is 0 Å². The highest BCUT2D eigenvalue weighted by molar-refractivity contribution is 5.92. The molecule has 2 aromatic carbocycles. The monoisotopic (exact) mass is 818 g/mol. The molecule has 3 N–H and O–H groups in total. The number of fused-ring (bicyclic) bond motifs is 5. The number of carbonyl (C=O) groups excluding carboxylic acids is 4. The SMILES string of the molecule is C[C@]12CCC(=O)C=C1CC[C@@H]1C2=CC[C@@]2(C)[C@H]1CC[C@]2(O)C(=O)COC(=O)CCC/C=C\C[C@@H]1[C@@H](/C=C/[C@H](CCc2ccccc2)OC(=O)c2ccccc2)[C@H](O)C[C@@H]1O. The third-order valence-corrected chi connectivity index (χ3v) is 14.9. The van der Waals surface area contributed by atoms with Gasteiger partial charge >= 0.3 is 11.9 Å². The van der Waals surface area contributed by atoms with Crippen LogP contribution in [0.5, 0.6) is 0 Å². The minimum Gasteiger partial charge on any atom is -0.458 e. The van der Waals surface area contributed by atoms with Gasteiger partial charge in [0.05, 0.1) is 17.8 Å². The van der Waals surface area contributed by atoms with E-state index in [4.69, 9.17) is 9.47 Å². The van der Waals surface area contributed by atoms with Crippen LogP contribution in [0.15, 0.2) is 108 Å². The standard InChI is InChI=1S/C51H62O9/c1-49-28-25-37(52)31-36(49)20-23-41-42(49)26-29-50(2)43(41)27-30-51(50,58)46(55)33-59-47(56)18-12-4-3-11-17-39-40(45(54)32-44(39)53)24-22-38(21-19-34-13-7-5-8-14-34)60-48(57)35-15-9-6-10-16-35/h3,5-11,13-16,22,24,26,31,38-41,43-45,53-54,58H,4,12,17-21,23,25,27-30,32-33H2,1-2H3/b11-3-,24-22+/t38-,39+,40+,41+,43-,44-,45+,49-,50-,51-/m0/s1. The minimum absolute atomic E-state index is 0.122. The summed E-state index contributed by atoms with van der Waals surface area (Å²) in [6.07, 6.45) is 17.9. The van der Waals surface area contributed by atoms with Crippen molar-refractivity contribution in [1.82, 2.24) is 0 Å². The molecular formula is C51H62O9. The number of Topliss-reactive ketones (excluding diaryl/α,β-unsaturated/α-hetero) is 1. The second kappa shape index (κ2) is 18.7. The molecule has 3 saturated carbocycles. The molecule has 0 aliphatic heterocycles. The number of aliphatic hydroxyl groups is 3. The van der Waals surface area contributed by atoms with Gasteiger partial charge in [0.15, 0.2) is 12.4 Å². The first-order chi connectivity index (χ1) is 28.8. The van der Waals surface area contributed by atoms with Crippen molar-refractivity contribution in [2.24, 2.45) is 34.5 Å².